The molecule has 88 valence electrons. The van der Waals surface area contributed by atoms with Gasteiger partial charge in [0.2, 0.25) is 0 Å². The summed E-state index contributed by atoms with van der Waals surface area (Å²) in [7, 11) is 1.80. The fourth-order valence-corrected chi connectivity index (χ4v) is 2.29. The highest BCUT2D eigenvalue weighted by Gasteiger charge is 2.36. The second kappa shape index (κ2) is 5.17. The molecular weight excluding hydrogens is 222 g/mol. The summed E-state index contributed by atoms with van der Waals surface area (Å²) in [4.78, 5) is 0. The Kier molecular flexibility index (Phi) is 3.85. The van der Waals surface area contributed by atoms with E-state index in [1.165, 1.54) is 19.3 Å². The highest BCUT2D eigenvalue weighted by molar-refractivity contribution is 6.31. The molecule has 1 fully saturated rings. The van der Waals surface area contributed by atoms with E-state index in [0.717, 1.165) is 23.7 Å². The predicted octanol–water partition coefficient (Wildman–Crippen LogP) is 3.00. The number of methoxy groups -OCH3 is 1. The van der Waals surface area contributed by atoms with Crippen LogP contribution in [0.5, 0.6) is 0 Å². The summed E-state index contributed by atoms with van der Waals surface area (Å²) in [6, 6.07) is 7.94. The van der Waals surface area contributed by atoms with Crippen molar-refractivity contribution in [3.8, 4) is 0 Å². The van der Waals surface area contributed by atoms with Crippen LogP contribution in [0, 0.1) is 0 Å². The Hall–Kier alpha value is -0.570. The molecule has 0 bridgehead atoms. The Bertz CT molecular complexity index is 344. The van der Waals surface area contributed by atoms with Gasteiger partial charge in [-0.05, 0) is 30.9 Å². The van der Waals surface area contributed by atoms with Gasteiger partial charge in [-0.1, -0.05) is 29.8 Å². The van der Waals surface area contributed by atoms with Crippen molar-refractivity contribution >= 4 is 11.6 Å². The third-order valence-corrected chi connectivity index (χ3v) is 3.79. The smallest absolute Gasteiger partial charge is 0.0802 e. The second-order valence-electron chi connectivity index (χ2n) is 4.44. The van der Waals surface area contributed by atoms with Gasteiger partial charge in [0.25, 0.3) is 0 Å². The molecule has 0 unspecified atom stereocenters. The molecule has 0 heterocycles. The third kappa shape index (κ3) is 2.57. The van der Waals surface area contributed by atoms with Crippen molar-refractivity contribution in [2.75, 3.05) is 13.7 Å². The topological polar surface area (TPSA) is 21.3 Å². The van der Waals surface area contributed by atoms with Crippen LogP contribution in [0.25, 0.3) is 0 Å². The van der Waals surface area contributed by atoms with Gasteiger partial charge in [-0.25, -0.2) is 0 Å². The lowest BCUT2D eigenvalue weighted by Crippen LogP contribution is -2.47. The summed E-state index contributed by atoms with van der Waals surface area (Å²) in [5, 5.41) is 4.26. The van der Waals surface area contributed by atoms with Crippen molar-refractivity contribution in [3.63, 3.8) is 0 Å². The lowest BCUT2D eigenvalue weighted by atomic mass is 9.80. The summed E-state index contributed by atoms with van der Waals surface area (Å²) in [5.41, 5.74) is 1.23. The van der Waals surface area contributed by atoms with Crippen molar-refractivity contribution < 1.29 is 4.74 Å². The average Bonchev–Trinajstić information content (AvgIpc) is 2.25. The molecule has 0 aromatic heterocycles. The molecule has 1 N–H and O–H groups in total. The maximum atomic E-state index is 6.08. The van der Waals surface area contributed by atoms with Crippen LogP contribution in [0.3, 0.4) is 0 Å². The summed E-state index contributed by atoms with van der Waals surface area (Å²) in [5.74, 6) is 0. The molecule has 3 heteroatoms. The summed E-state index contributed by atoms with van der Waals surface area (Å²) in [6.45, 7) is 1.72. The molecule has 1 aliphatic rings. The number of rotatable bonds is 5. The van der Waals surface area contributed by atoms with Crippen LogP contribution in [0.15, 0.2) is 24.3 Å². The van der Waals surface area contributed by atoms with Gasteiger partial charge >= 0.3 is 0 Å². The normalized spacial score (nSPS) is 18.1. The Morgan fingerprint density at radius 3 is 2.69 bits per heavy atom. The van der Waals surface area contributed by atoms with Gasteiger partial charge in [-0.2, -0.15) is 0 Å². The monoisotopic (exact) mass is 239 g/mol. The minimum Gasteiger partial charge on any atom is -0.377 e. The number of hydrogen-bond donors (Lipinski definition) is 1. The lowest BCUT2D eigenvalue weighted by molar-refractivity contribution is -0.0695. The number of halogens is 1. The van der Waals surface area contributed by atoms with E-state index in [9.17, 15) is 0 Å². The minimum absolute atomic E-state index is 0.0846. The van der Waals surface area contributed by atoms with Gasteiger partial charge in [0.15, 0.2) is 0 Å². The van der Waals surface area contributed by atoms with Gasteiger partial charge < -0.3 is 10.1 Å². The van der Waals surface area contributed by atoms with Crippen molar-refractivity contribution in [2.45, 2.75) is 31.4 Å². The third-order valence-electron chi connectivity index (χ3n) is 3.42. The SMILES string of the molecule is COC1(CNCc2ccccc2Cl)CCC1. The summed E-state index contributed by atoms with van der Waals surface area (Å²) >= 11 is 6.08. The molecule has 0 radical (unpaired) electrons. The number of benzene rings is 1. The first-order chi connectivity index (χ1) is 7.76. The lowest BCUT2D eigenvalue weighted by Gasteiger charge is -2.40. The first kappa shape index (κ1) is 11.9. The van der Waals surface area contributed by atoms with Crippen LogP contribution in [0.4, 0.5) is 0 Å². The van der Waals surface area contributed by atoms with Crippen molar-refractivity contribution in [1.29, 1.82) is 0 Å². The number of nitrogens with one attached hydrogen (secondary N) is 1. The van der Waals surface area contributed by atoms with Crippen molar-refractivity contribution in [3.05, 3.63) is 34.9 Å². The zero-order valence-electron chi connectivity index (χ0n) is 9.63. The van der Waals surface area contributed by atoms with E-state index < -0.39 is 0 Å². The molecule has 1 aromatic rings. The van der Waals surface area contributed by atoms with Crippen molar-refractivity contribution in [1.82, 2.24) is 5.32 Å². The molecule has 0 atom stereocenters. The van der Waals surface area contributed by atoms with Gasteiger partial charge in [0.1, 0.15) is 0 Å². The Balaban J connectivity index is 1.82. The highest BCUT2D eigenvalue weighted by atomic mass is 35.5. The molecular formula is C13H18ClNO. The molecule has 2 rings (SSSR count). The molecule has 0 aliphatic heterocycles. The fraction of sp³-hybridized carbons (Fsp3) is 0.538. The van der Waals surface area contributed by atoms with E-state index >= 15 is 0 Å². The molecule has 2 nitrogen and oxygen atoms in total. The molecule has 0 spiro atoms. The highest BCUT2D eigenvalue weighted by Crippen LogP contribution is 2.34. The van der Waals surface area contributed by atoms with Gasteiger partial charge in [0.05, 0.1) is 5.60 Å². The average molecular weight is 240 g/mol. The van der Waals surface area contributed by atoms with Gasteiger partial charge in [-0.3, -0.25) is 0 Å². The van der Waals surface area contributed by atoms with Crippen LogP contribution < -0.4 is 5.32 Å². The second-order valence-corrected chi connectivity index (χ2v) is 4.84. The van der Waals surface area contributed by atoms with Crippen LogP contribution in [0.1, 0.15) is 24.8 Å². The van der Waals surface area contributed by atoms with Crippen LogP contribution in [-0.2, 0) is 11.3 Å². The summed E-state index contributed by atoms with van der Waals surface area (Å²) < 4.78 is 5.55. The van der Waals surface area contributed by atoms with E-state index in [4.69, 9.17) is 16.3 Å². The van der Waals surface area contributed by atoms with E-state index in [1.807, 2.05) is 18.2 Å². The standard InChI is InChI=1S/C13H18ClNO/c1-16-13(7-4-8-13)10-15-9-11-5-2-3-6-12(11)14/h2-3,5-6,15H,4,7-10H2,1H3. The van der Waals surface area contributed by atoms with Gasteiger partial charge in [-0.15, -0.1) is 0 Å². The first-order valence-electron chi connectivity index (χ1n) is 5.75. The number of hydrogen-bond acceptors (Lipinski definition) is 2. The predicted molar refractivity (Wildman–Crippen MR) is 66.7 cm³/mol. The maximum Gasteiger partial charge on any atom is 0.0802 e. The van der Waals surface area contributed by atoms with Gasteiger partial charge in [0, 0.05) is 25.2 Å². The summed E-state index contributed by atoms with van der Waals surface area (Å²) in [6.07, 6.45) is 3.61. The Morgan fingerprint density at radius 2 is 2.12 bits per heavy atom. The van der Waals surface area contributed by atoms with E-state index in [2.05, 4.69) is 11.4 Å². The van der Waals surface area contributed by atoms with Crippen LogP contribution in [0.2, 0.25) is 5.02 Å². The van der Waals surface area contributed by atoms with Crippen molar-refractivity contribution in [2.24, 2.45) is 0 Å². The number of ether oxygens (including phenoxy) is 1. The molecule has 0 amide bonds. The quantitative estimate of drug-likeness (QED) is 0.853. The fourth-order valence-electron chi connectivity index (χ4n) is 2.09. The molecule has 1 aliphatic carbocycles. The zero-order chi connectivity index (χ0) is 11.4. The zero-order valence-corrected chi connectivity index (χ0v) is 10.4. The van der Waals surface area contributed by atoms with Crippen LogP contribution in [-0.4, -0.2) is 19.3 Å². The largest absolute Gasteiger partial charge is 0.377 e. The van der Waals surface area contributed by atoms with E-state index in [1.54, 1.807) is 7.11 Å². The Morgan fingerprint density at radius 1 is 1.38 bits per heavy atom. The maximum absolute atomic E-state index is 6.08. The van der Waals surface area contributed by atoms with E-state index in [-0.39, 0.29) is 5.60 Å². The van der Waals surface area contributed by atoms with Crippen LogP contribution >= 0.6 is 11.6 Å². The first-order valence-corrected chi connectivity index (χ1v) is 6.13. The minimum atomic E-state index is 0.0846. The molecule has 16 heavy (non-hydrogen) atoms. The molecule has 0 saturated heterocycles. The molecule has 1 aromatic carbocycles. The molecule has 1 saturated carbocycles. The van der Waals surface area contributed by atoms with E-state index in [0.29, 0.717) is 0 Å². The Labute approximate surface area is 102 Å².